The molecule has 3 heteroatoms. The number of aliphatic hydroxyl groups excluding tert-OH is 1. The van der Waals surface area contributed by atoms with Crippen molar-refractivity contribution in [3.63, 3.8) is 0 Å². The van der Waals surface area contributed by atoms with E-state index in [0.717, 1.165) is 24.4 Å². The van der Waals surface area contributed by atoms with Crippen molar-refractivity contribution in [2.75, 3.05) is 7.11 Å². The summed E-state index contributed by atoms with van der Waals surface area (Å²) in [7, 11) is 0.287. The monoisotopic (exact) mass is 314 g/mol. The van der Waals surface area contributed by atoms with Gasteiger partial charge in [-0.2, -0.15) is 0 Å². The smallest absolute Gasteiger partial charge is 0.186 e. The summed E-state index contributed by atoms with van der Waals surface area (Å²) in [6.45, 7) is 4.43. The van der Waals surface area contributed by atoms with Crippen LogP contribution in [0.25, 0.3) is 11.1 Å². The molecule has 0 spiro atoms. The van der Waals surface area contributed by atoms with Crippen molar-refractivity contribution in [3.05, 3.63) is 60.2 Å². The first-order valence-electron chi connectivity index (χ1n) is 7.90. The highest BCUT2D eigenvalue weighted by Crippen LogP contribution is 2.25. The molecule has 2 nitrogen and oxygen atoms in total. The van der Waals surface area contributed by atoms with E-state index in [1.54, 1.807) is 7.11 Å². The molecular formula is C19H26O2Si. The first-order chi connectivity index (χ1) is 10.5. The van der Waals surface area contributed by atoms with E-state index in [2.05, 4.69) is 37.4 Å². The summed E-state index contributed by atoms with van der Waals surface area (Å²) in [5, 5.41) is 10.3. The van der Waals surface area contributed by atoms with Gasteiger partial charge in [0.25, 0.3) is 0 Å². The molecule has 1 N–H and O–H groups in total. The van der Waals surface area contributed by atoms with Crippen LogP contribution in [0.15, 0.2) is 54.6 Å². The summed E-state index contributed by atoms with van der Waals surface area (Å²) in [4.78, 5) is 0. The van der Waals surface area contributed by atoms with Crippen molar-refractivity contribution in [3.8, 4) is 11.1 Å². The van der Waals surface area contributed by atoms with Crippen molar-refractivity contribution in [2.45, 2.75) is 38.1 Å². The Balaban J connectivity index is 1.93. The van der Waals surface area contributed by atoms with Gasteiger partial charge in [0, 0.05) is 7.11 Å². The Morgan fingerprint density at radius 1 is 0.955 bits per heavy atom. The molecule has 2 aromatic carbocycles. The van der Waals surface area contributed by atoms with Crippen molar-refractivity contribution >= 4 is 8.32 Å². The molecule has 0 aliphatic heterocycles. The molecule has 1 unspecified atom stereocenters. The van der Waals surface area contributed by atoms with Gasteiger partial charge in [-0.05, 0) is 42.2 Å². The van der Waals surface area contributed by atoms with Crippen LogP contribution in [0.1, 0.15) is 24.5 Å². The van der Waals surface area contributed by atoms with E-state index in [1.807, 2.05) is 30.3 Å². The fraction of sp³-hybridized carbons (Fsp3) is 0.368. The first-order valence-corrected chi connectivity index (χ1v) is 11.0. The highest BCUT2D eigenvalue weighted by molar-refractivity contribution is 6.71. The maximum Gasteiger partial charge on any atom is 0.186 e. The second-order valence-corrected chi connectivity index (χ2v) is 10.8. The van der Waals surface area contributed by atoms with Gasteiger partial charge in [0.1, 0.15) is 0 Å². The molecule has 0 aromatic heterocycles. The van der Waals surface area contributed by atoms with E-state index in [-0.39, 0.29) is 6.10 Å². The minimum atomic E-state index is -1.51. The fourth-order valence-corrected chi connectivity index (χ4v) is 3.78. The molecule has 0 bridgehead atoms. The van der Waals surface area contributed by atoms with Crippen LogP contribution >= 0.6 is 0 Å². The number of hydrogen-bond acceptors (Lipinski definition) is 2. The third-order valence-electron chi connectivity index (χ3n) is 4.21. The third-order valence-corrected chi connectivity index (χ3v) is 6.87. The second-order valence-electron chi connectivity index (χ2n) is 6.36. The topological polar surface area (TPSA) is 29.5 Å². The summed E-state index contributed by atoms with van der Waals surface area (Å²) >= 11 is 0. The maximum atomic E-state index is 10.3. The Bertz CT molecular complexity index is 564. The molecule has 2 aromatic rings. The molecule has 0 amide bonds. The molecule has 2 rings (SSSR count). The number of hydrogen-bond donors (Lipinski definition) is 1. The first kappa shape index (κ1) is 16.9. The largest absolute Gasteiger partial charge is 0.420 e. The van der Waals surface area contributed by atoms with Gasteiger partial charge in [0.15, 0.2) is 8.32 Å². The van der Waals surface area contributed by atoms with Gasteiger partial charge in [-0.3, -0.25) is 0 Å². The Morgan fingerprint density at radius 3 is 2.14 bits per heavy atom. The van der Waals surface area contributed by atoms with Crippen molar-refractivity contribution in [2.24, 2.45) is 0 Å². The zero-order valence-electron chi connectivity index (χ0n) is 13.8. The van der Waals surface area contributed by atoms with Crippen LogP contribution in [0.5, 0.6) is 0 Å². The molecule has 0 heterocycles. The van der Waals surface area contributed by atoms with E-state index >= 15 is 0 Å². The lowest BCUT2D eigenvalue weighted by Crippen LogP contribution is -2.28. The summed E-state index contributed by atoms with van der Waals surface area (Å²) in [6, 6.07) is 19.6. The van der Waals surface area contributed by atoms with Crippen molar-refractivity contribution in [1.29, 1.82) is 0 Å². The molecule has 0 fully saturated rings. The van der Waals surface area contributed by atoms with Gasteiger partial charge >= 0.3 is 0 Å². The van der Waals surface area contributed by atoms with Gasteiger partial charge in [0.2, 0.25) is 0 Å². The summed E-state index contributed by atoms with van der Waals surface area (Å²) in [6.07, 6.45) is 1.42. The second kappa shape index (κ2) is 7.72. The number of rotatable bonds is 7. The Kier molecular flexibility index (Phi) is 5.95. The van der Waals surface area contributed by atoms with Gasteiger partial charge in [-0.15, -0.1) is 0 Å². The minimum Gasteiger partial charge on any atom is -0.420 e. The summed E-state index contributed by atoms with van der Waals surface area (Å²) in [5.41, 5.74) is 3.39. The van der Waals surface area contributed by atoms with E-state index in [1.165, 1.54) is 11.1 Å². The van der Waals surface area contributed by atoms with Crippen LogP contribution in [-0.2, 0) is 4.43 Å². The Morgan fingerprint density at radius 2 is 1.55 bits per heavy atom. The van der Waals surface area contributed by atoms with Gasteiger partial charge in [-0.1, -0.05) is 61.0 Å². The molecule has 0 saturated carbocycles. The molecule has 118 valence electrons. The molecule has 0 aliphatic rings. The van der Waals surface area contributed by atoms with E-state index < -0.39 is 8.32 Å². The highest BCUT2D eigenvalue weighted by Gasteiger charge is 2.20. The van der Waals surface area contributed by atoms with Crippen molar-refractivity contribution in [1.82, 2.24) is 0 Å². The van der Waals surface area contributed by atoms with Crippen LogP contribution < -0.4 is 0 Å². The average Bonchev–Trinajstić information content (AvgIpc) is 2.55. The molecular weight excluding hydrogens is 288 g/mol. The zero-order chi connectivity index (χ0) is 16.0. The van der Waals surface area contributed by atoms with Crippen LogP contribution in [0.2, 0.25) is 19.1 Å². The van der Waals surface area contributed by atoms with Crippen LogP contribution in [0.3, 0.4) is 0 Å². The van der Waals surface area contributed by atoms with E-state index in [4.69, 9.17) is 4.43 Å². The van der Waals surface area contributed by atoms with Crippen molar-refractivity contribution < 1.29 is 9.53 Å². The lowest BCUT2D eigenvalue weighted by molar-refractivity contribution is 0.166. The predicted octanol–water partition coefficient (Wildman–Crippen LogP) is 5.02. The highest BCUT2D eigenvalue weighted by atomic mass is 28.4. The molecule has 0 radical (unpaired) electrons. The number of benzene rings is 2. The lowest BCUT2D eigenvalue weighted by atomic mass is 10.0. The molecule has 0 saturated heterocycles. The van der Waals surface area contributed by atoms with Gasteiger partial charge < -0.3 is 9.53 Å². The summed E-state index contributed by atoms with van der Waals surface area (Å²) in [5.74, 6) is 0. The number of aliphatic hydroxyl groups is 1. The Labute approximate surface area is 134 Å². The van der Waals surface area contributed by atoms with Crippen LogP contribution in [0.4, 0.5) is 0 Å². The third kappa shape index (κ3) is 4.80. The SMILES string of the molecule is CO[Si](C)(C)CCCC(O)c1ccc(-c2ccccc2)cc1. The molecule has 0 aliphatic carbocycles. The predicted molar refractivity (Wildman–Crippen MR) is 95.4 cm³/mol. The minimum absolute atomic E-state index is 0.383. The quantitative estimate of drug-likeness (QED) is 0.727. The van der Waals surface area contributed by atoms with Gasteiger partial charge in [-0.25, -0.2) is 0 Å². The lowest BCUT2D eigenvalue weighted by Gasteiger charge is -2.20. The maximum absolute atomic E-state index is 10.3. The van der Waals surface area contributed by atoms with Crippen LogP contribution in [-0.4, -0.2) is 20.5 Å². The summed E-state index contributed by atoms with van der Waals surface area (Å²) < 4.78 is 5.55. The fourth-order valence-electron chi connectivity index (χ4n) is 2.52. The van der Waals surface area contributed by atoms with Crippen LogP contribution in [0, 0.1) is 0 Å². The molecule has 22 heavy (non-hydrogen) atoms. The zero-order valence-corrected chi connectivity index (χ0v) is 14.8. The normalized spacial score (nSPS) is 13.1. The van der Waals surface area contributed by atoms with E-state index in [0.29, 0.717) is 0 Å². The van der Waals surface area contributed by atoms with E-state index in [9.17, 15) is 5.11 Å². The standard InChI is InChI=1S/C19H26O2Si/c1-21-22(2,3)15-7-10-19(20)18-13-11-17(12-14-18)16-8-5-4-6-9-16/h4-6,8-9,11-14,19-20H,7,10,15H2,1-3H3. The average molecular weight is 315 g/mol. The van der Waals surface area contributed by atoms with Gasteiger partial charge in [0.05, 0.1) is 6.10 Å². The Hall–Kier alpha value is -1.42. The molecule has 1 atom stereocenters.